The first kappa shape index (κ1) is 19.4. The van der Waals surface area contributed by atoms with Gasteiger partial charge in [0.1, 0.15) is 0 Å². The molecule has 0 atom stereocenters. The van der Waals surface area contributed by atoms with Crippen molar-refractivity contribution in [3.8, 4) is 0 Å². The summed E-state index contributed by atoms with van der Waals surface area (Å²) >= 11 is 0. The molecule has 1 aromatic rings. The smallest absolute Gasteiger partial charge is 0.358 e. The number of aryl methyl sites for hydroxylation is 1. The maximum absolute atomic E-state index is 3.05. The monoisotopic (exact) mass is 203 g/mol. The van der Waals surface area contributed by atoms with E-state index in [2.05, 4.69) is 19.1 Å². The van der Waals surface area contributed by atoms with Crippen LogP contribution in [-0.4, -0.2) is 0 Å². The van der Waals surface area contributed by atoms with Gasteiger partial charge in [0, 0.05) is 0 Å². The van der Waals surface area contributed by atoms with Gasteiger partial charge in [0.15, 0.2) is 0 Å². The van der Waals surface area contributed by atoms with E-state index >= 15 is 0 Å². The van der Waals surface area contributed by atoms with Crippen molar-refractivity contribution in [2.75, 3.05) is 0 Å². The predicted octanol–water partition coefficient (Wildman–Crippen LogP) is 0.920. The molecule has 0 aliphatic carbocycles. The van der Waals surface area contributed by atoms with E-state index in [1.54, 1.807) is 0 Å². The van der Waals surface area contributed by atoms with Crippen LogP contribution in [0, 0.1) is 13.5 Å². The van der Waals surface area contributed by atoms with Gasteiger partial charge in [0.05, 0.1) is 0 Å². The minimum absolute atomic E-state index is 0. The molecule has 0 saturated carbocycles. The second-order valence-corrected chi connectivity index (χ2v) is 2.16. The van der Waals surface area contributed by atoms with Crippen LogP contribution < -0.4 is 51.4 Å². The molecule has 0 nitrogen and oxygen atoms in total. The molecule has 0 spiro atoms. The van der Waals surface area contributed by atoms with E-state index in [4.69, 9.17) is 0 Å². The SMILES string of the molecule is CC.CCCc1c[c-]ccc1.[CH3-].[K+]. The fraction of sp³-hybridized carbons (Fsp3) is 0.417. The van der Waals surface area contributed by atoms with Gasteiger partial charge < -0.3 is 7.43 Å². The van der Waals surface area contributed by atoms with Crippen LogP contribution in [0.1, 0.15) is 32.8 Å². The van der Waals surface area contributed by atoms with Gasteiger partial charge in [0.2, 0.25) is 0 Å². The minimum atomic E-state index is 0. The summed E-state index contributed by atoms with van der Waals surface area (Å²) in [5.41, 5.74) is 1.39. The summed E-state index contributed by atoms with van der Waals surface area (Å²) < 4.78 is 0. The van der Waals surface area contributed by atoms with Crippen LogP contribution in [0.5, 0.6) is 0 Å². The molecular formula is C12H20K-. The zero-order valence-electron chi connectivity index (χ0n) is 9.72. The molecule has 0 radical (unpaired) electrons. The Morgan fingerprint density at radius 3 is 2.31 bits per heavy atom. The summed E-state index contributed by atoms with van der Waals surface area (Å²) in [6.07, 6.45) is 2.40. The van der Waals surface area contributed by atoms with Gasteiger partial charge in [-0.05, 0) is 0 Å². The Bertz CT molecular complexity index is 158. The second-order valence-electron chi connectivity index (χ2n) is 2.16. The van der Waals surface area contributed by atoms with E-state index < -0.39 is 0 Å². The number of rotatable bonds is 2. The third kappa shape index (κ3) is 10.8. The average molecular weight is 203 g/mol. The first-order valence-electron chi connectivity index (χ1n) is 4.38. The van der Waals surface area contributed by atoms with Crippen molar-refractivity contribution >= 4 is 0 Å². The first-order valence-corrected chi connectivity index (χ1v) is 4.38. The summed E-state index contributed by atoms with van der Waals surface area (Å²) in [4.78, 5) is 0. The van der Waals surface area contributed by atoms with Crippen molar-refractivity contribution in [3.05, 3.63) is 43.3 Å². The van der Waals surface area contributed by atoms with Crippen LogP contribution in [0.15, 0.2) is 24.3 Å². The number of benzene rings is 1. The van der Waals surface area contributed by atoms with Gasteiger partial charge in [-0.2, -0.15) is 35.9 Å². The van der Waals surface area contributed by atoms with Gasteiger partial charge >= 0.3 is 51.4 Å². The van der Waals surface area contributed by atoms with Crippen molar-refractivity contribution in [2.45, 2.75) is 33.6 Å². The van der Waals surface area contributed by atoms with E-state index in [-0.39, 0.29) is 58.8 Å². The van der Waals surface area contributed by atoms with Crippen molar-refractivity contribution < 1.29 is 51.4 Å². The normalized spacial score (nSPS) is 7.00. The molecule has 1 aromatic carbocycles. The van der Waals surface area contributed by atoms with Gasteiger partial charge in [-0.25, -0.2) is 0 Å². The molecule has 0 amide bonds. The van der Waals surface area contributed by atoms with Crippen LogP contribution in [0.3, 0.4) is 0 Å². The zero-order valence-corrected chi connectivity index (χ0v) is 12.8. The summed E-state index contributed by atoms with van der Waals surface area (Å²) in [5, 5.41) is 0. The summed E-state index contributed by atoms with van der Waals surface area (Å²) in [7, 11) is 0. The second kappa shape index (κ2) is 15.3. The Labute approximate surface area is 127 Å². The topological polar surface area (TPSA) is 0 Å². The van der Waals surface area contributed by atoms with Crippen LogP contribution in [-0.2, 0) is 6.42 Å². The molecule has 0 saturated heterocycles. The standard InChI is InChI=1S/C9H11.C2H6.CH3.K/c1-2-6-9-7-4-3-5-8-9;1-2;;/h3-4,7-8H,2,6H2,1H3;1-2H3;1H3;/q-1;;-1;+1. The van der Waals surface area contributed by atoms with Crippen molar-refractivity contribution in [1.29, 1.82) is 0 Å². The Kier molecular flexibility index (Phi) is 22.9. The molecule has 0 heterocycles. The van der Waals surface area contributed by atoms with E-state index in [0.29, 0.717) is 0 Å². The molecule has 0 aromatic heterocycles. The molecule has 0 aliphatic rings. The Balaban J connectivity index is -0.000000234. The molecule has 1 heteroatoms. The van der Waals surface area contributed by atoms with Crippen molar-refractivity contribution in [3.63, 3.8) is 0 Å². The molecule has 0 aliphatic heterocycles. The number of hydrogen-bond acceptors (Lipinski definition) is 0. The Hall–Kier alpha value is 0.856. The zero-order chi connectivity index (χ0) is 8.53. The van der Waals surface area contributed by atoms with Crippen LogP contribution in [0.2, 0.25) is 0 Å². The summed E-state index contributed by atoms with van der Waals surface area (Å²) in [6, 6.07) is 11.2. The van der Waals surface area contributed by atoms with Crippen molar-refractivity contribution in [1.82, 2.24) is 0 Å². The summed E-state index contributed by atoms with van der Waals surface area (Å²) in [6.45, 7) is 6.19. The fourth-order valence-corrected chi connectivity index (χ4v) is 0.875. The average Bonchev–Trinajstić information content (AvgIpc) is 2.11. The van der Waals surface area contributed by atoms with Gasteiger partial charge in [-0.15, -0.1) is 0 Å². The van der Waals surface area contributed by atoms with Crippen LogP contribution >= 0.6 is 0 Å². The Morgan fingerprint density at radius 2 is 1.92 bits per heavy atom. The van der Waals surface area contributed by atoms with E-state index in [9.17, 15) is 0 Å². The van der Waals surface area contributed by atoms with Gasteiger partial charge in [-0.3, -0.25) is 0 Å². The molecule has 0 fully saturated rings. The maximum atomic E-state index is 3.05. The molecular weight excluding hydrogens is 183 g/mol. The largest absolute Gasteiger partial charge is 1.00 e. The summed E-state index contributed by atoms with van der Waals surface area (Å²) in [5.74, 6) is 0. The maximum Gasteiger partial charge on any atom is 1.00 e. The molecule has 0 bridgehead atoms. The first-order chi connectivity index (χ1) is 5.43. The minimum Gasteiger partial charge on any atom is -0.358 e. The molecule has 70 valence electrons. The third-order valence-corrected chi connectivity index (χ3v) is 1.31. The van der Waals surface area contributed by atoms with Crippen molar-refractivity contribution in [2.24, 2.45) is 0 Å². The number of hydrogen-bond donors (Lipinski definition) is 0. The van der Waals surface area contributed by atoms with E-state index in [1.165, 1.54) is 18.4 Å². The predicted molar refractivity (Wildman–Crippen MR) is 57.0 cm³/mol. The van der Waals surface area contributed by atoms with E-state index in [1.807, 2.05) is 32.0 Å². The van der Waals surface area contributed by atoms with Gasteiger partial charge in [-0.1, -0.05) is 33.6 Å². The quantitative estimate of drug-likeness (QED) is 0.495. The molecule has 1 rings (SSSR count). The fourth-order valence-electron chi connectivity index (χ4n) is 0.875. The third-order valence-electron chi connectivity index (χ3n) is 1.31. The molecule has 0 unspecified atom stereocenters. The van der Waals surface area contributed by atoms with E-state index in [0.717, 1.165) is 0 Å². The molecule has 0 N–H and O–H groups in total. The van der Waals surface area contributed by atoms with Crippen LogP contribution in [0.25, 0.3) is 0 Å². The Morgan fingerprint density at radius 1 is 1.31 bits per heavy atom. The molecule has 13 heavy (non-hydrogen) atoms. The van der Waals surface area contributed by atoms with Gasteiger partial charge in [0.25, 0.3) is 0 Å². The van der Waals surface area contributed by atoms with Crippen LogP contribution in [0.4, 0.5) is 0 Å².